The van der Waals surface area contributed by atoms with Crippen molar-refractivity contribution in [2.75, 3.05) is 62.2 Å². The number of benzene rings is 2. The first kappa shape index (κ1) is 23.9. The molecule has 0 aliphatic rings. The SMILES string of the molecule is CN(C)CCNc1ccc(Nc2ncc(Cl)c(Nc3ccccc3P(C)(C)=O)n2)cc1N. The minimum Gasteiger partial charge on any atom is -0.397 e. The molecule has 0 spiro atoms. The molecular formula is C22H29ClN7OP. The van der Waals surface area contributed by atoms with Crippen molar-refractivity contribution in [2.24, 2.45) is 0 Å². The van der Waals surface area contributed by atoms with Crippen molar-refractivity contribution in [3.8, 4) is 0 Å². The van der Waals surface area contributed by atoms with Crippen molar-refractivity contribution < 1.29 is 4.57 Å². The highest BCUT2D eigenvalue weighted by molar-refractivity contribution is 7.70. The highest BCUT2D eigenvalue weighted by Crippen LogP contribution is 2.38. The Kier molecular flexibility index (Phi) is 7.61. The van der Waals surface area contributed by atoms with E-state index < -0.39 is 7.14 Å². The average molecular weight is 474 g/mol. The maximum Gasteiger partial charge on any atom is 0.229 e. The molecule has 1 heterocycles. The number of anilines is 6. The molecule has 0 aliphatic heterocycles. The molecule has 0 aliphatic carbocycles. The Morgan fingerprint density at radius 2 is 1.84 bits per heavy atom. The van der Waals surface area contributed by atoms with Gasteiger partial charge in [-0.15, -0.1) is 0 Å². The van der Waals surface area contributed by atoms with Gasteiger partial charge in [-0.2, -0.15) is 4.98 Å². The van der Waals surface area contributed by atoms with Crippen LogP contribution >= 0.6 is 18.7 Å². The Labute approximate surface area is 194 Å². The second-order valence-corrected chi connectivity index (χ2v) is 11.6. The van der Waals surface area contributed by atoms with E-state index >= 15 is 0 Å². The Morgan fingerprint density at radius 3 is 2.53 bits per heavy atom. The fraction of sp³-hybridized carbons (Fsp3) is 0.273. The van der Waals surface area contributed by atoms with Crippen molar-refractivity contribution in [1.29, 1.82) is 0 Å². The number of nitrogens with two attached hydrogens (primary N) is 1. The molecule has 0 saturated heterocycles. The van der Waals surface area contributed by atoms with E-state index in [1.165, 1.54) is 6.20 Å². The van der Waals surface area contributed by atoms with E-state index in [1.54, 1.807) is 13.3 Å². The van der Waals surface area contributed by atoms with Crippen molar-refractivity contribution in [2.45, 2.75) is 0 Å². The normalized spacial score (nSPS) is 11.4. The largest absolute Gasteiger partial charge is 0.397 e. The van der Waals surface area contributed by atoms with Gasteiger partial charge in [0.25, 0.3) is 0 Å². The van der Waals surface area contributed by atoms with E-state index in [9.17, 15) is 4.57 Å². The lowest BCUT2D eigenvalue weighted by atomic mass is 10.2. The summed E-state index contributed by atoms with van der Waals surface area (Å²) < 4.78 is 12.6. The summed E-state index contributed by atoms with van der Waals surface area (Å²) in [6, 6.07) is 13.1. The Bertz CT molecular complexity index is 1130. The van der Waals surface area contributed by atoms with Crippen LogP contribution in [0.25, 0.3) is 0 Å². The topological polar surface area (TPSA) is 108 Å². The number of hydrogen-bond acceptors (Lipinski definition) is 8. The lowest BCUT2D eigenvalue weighted by Gasteiger charge is -2.16. The first-order valence-electron chi connectivity index (χ1n) is 10.1. The molecule has 5 N–H and O–H groups in total. The second kappa shape index (κ2) is 10.2. The van der Waals surface area contributed by atoms with Crippen molar-refractivity contribution >= 4 is 58.6 Å². The smallest absolute Gasteiger partial charge is 0.229 e. The van der Waals surface area contributed by atoms with Crippen LogP contribution in [0.3, 0.4) is 0 Å². The monoisotopic (exact) mass is 473 g/mol. The quantitative estimate of drug-likeness (QED) is 0.267. The number of nitrogens with zero attached hydrogens (tertiary/aromatic N) is 3. The zero-order valence-electron chi connectivity index (χ0n) is 18.7. The zero-order chi connectivity index (χ0) is 23.3. The third-order valence-electron chi connectivity index (χ3n) is 4.66. The lowest BCUT2D eigenvalue weighted by molar-refractivity contribution is 0.425. The van der Waals surface area contributed by atoms with Gasteiger partial charge in [0.2, 0.25) is 5.95 Å². The number of para-hydroxylation sites is 1. The Hall–Kier alpha value is -2.80. The number of likely N-dealkylation sites (N-methyl/N-ethyl adjacent to an activating group) is 1. The maximum absolute atomic E-state index is 12.6. The van der Waals surface area contributed by atoms with Gasteiger partial charge in [-0.3, -0.25) is 0 Å². The van der Waals surface area contributed by atoms with Gasteiger partial charge in [0.1, 0.15) is 12.2 Å². The van der Waals surface area contributed by atoms with Gasteiger partial charge in [0.15, 0.2) is 5.82 Å². The first-order valence-corrected chi connectivity index (χ1v) is 13.1. The second-order valence-electron chi connectivity index (χ2n) is 8.04. The van der Waals surface area contributed by atoms with Gasteiger partial charge in [-0.05, 0) is 57.8 Å². The minimum atomic E-state index is -2.49. The first-order chi connectivity index (χ1) is 15.1. The van der Waals surface area contributed by atoms with Gasteiger partial charge >= 0.3 is 0 Å². The summed E-state index contributed by atoms with van der Waals surface area (Å²) >= 11 is 6.32. The van der Waals surface area contributed by atoms with Crippen LogP contribution in [0.4, 0.5) is 34.5 Å². The van der Waals surface area contributed by atoms with E-state index in [2.05, 4.69) is 30.8 Å². The highest BCUT2D eigenvalue weighted by Gasteiger charge is 2.17. The van der Waals surface area contributed by atoms with Gasteiger partial charge in [0.05, 0.1) is 23.3 Å². The van der Waals surface area contributed by atoms with E-state index in [4.69, 9.17) is 17.3 Å². The van der Waals surface area contributed by atoms with E-state index in [0.717, 1.165) is 29.8 Å². The van der Waals surface area contributed by atoms with Crippen LogP contribution < -0.4 is 27.0 Å². The van der Waals surface area contributed by atoms with Crippen LogP contribution in [0.5, 0.6) is 0 Å². The number of halogens is 1. The van der Waals surface area contributed by atoms with Gasteiger partial charge in [-0.25, -0.2) is 4.98 Å². The van der Waals surface area contributed by atoms with Crippen LogP contribution in [0.15, 0.2) is 48.7 Å². The summed E-state index contributed by atoms with van der Waals surface area (Å²) in [5, 5.41) is 10.8. The molecule has 3 aromatic rings. The molecule has 0 bridgehead atoms. The molecule has 0 saturated carbocycles. The molecular weight excluding hydrogens is 445 g/mol. The Morgan fingerprint density at radius 1 is 1.09 bits per heavy atom. The molecule has 2 aromatic carbocycles. The molecule has 0 atom stereocenters. The molecule has 32 heavy (non-hydrogen) atoms. The number of aromatic nitrogens is 2. The molecule has 0 radical (unpaired) electrons. The van der Waals surface area contributed by atoms with Crippen LogP contribution in [-0.2, 0) is 4.57 Å². The Balaban J connectivity index is 1.77. The number of rotatable bonds is 9. The third kappa shape index (κ3) is 6.36. The maximum atomic E-state index is 12.6. The molecule has 0 fully saturated rings. The highest BCUT2D eigenvalue weighted by atomic mass is 35.5. The average Bonchev–Trinajstić information content (AvgIpc) is 2.71. The van der Waals surface area contributed by atoms with Crippen molar-refractivity contribution in [3.63, 3.8) is 0 Å². The summed E-state index contributed by atoms with van der Waals surface area (Å²) in [7, 11) is 1.56. The number of nitrogen functional groups attached to an aromatic ring is 1. The molecule has 3 rings (SSSR count). The third-order valence-corrected chi connectivity index (χ3v) is 6.49. The summed E-state index contributed by atoms with van der Waals surface area (Å²) in [5.74, 6) is 0.776. The lowest BCUT2D eigenvalue weighted by Crippen LogP contribution is -2.21. The fourth-order valence-corrected chi connectivity index (χ4v) is 4.33. The van der Waals surface area contributed by atoms with Gasteiger partial charge < -0.3 is 31.1 Å². The van der Waals surface area contributed by atoms with Gasteiger partial charge in [-0.1, -0.05) is 23.7 Å². The number of nitrogens with one attached hydrogen (secondary N) is 3. The molecule has 170 valence electrons. The van der Waals surface area contributed by atoms with E-state index in [-0.39, 0.29) is 0 Å². The molecule has 1 aromatic heterocycles. The van der Waals surface area contributed by atoms with Crippen molar-refractivity contribution in [3.05, 3.63) is 53.7 Å². The summed E-state index contributed by atoms with van der Waals surface area (Å²) in [6.45, 7) is 5.16. The summed E-state index contributed by atoms with van der Waals surface area (Å²) in [5.41, 5.74) is 9.13. The summed E-state index contributed by atoms with van der Waals surface area (Å²) in [6.07, 6.45) is 1.51. The zero-order valence-corrected chi connectivity index (χ0v) is 20.3. The van der Waals surface area contributed by atoms with Crippen LogP contribution in [0, 0.1) is 0 Å². The molecule has 0 amide bonds. The van der Waals surface area contributed by atoms with Gasteiger partial charge in [0, 0.05) is 24.1 Å². The van der Waals surface area contributed by atoms with Crippen LogP contribution in [0.1, 0.15) is 0 Å². The fourth-order valence-electron chi connectivity index (χ4n) is 3.04. The predicted octanol–water partition coefficient (Wildman–Crippen LogP) is 4.42. The molecule has 0 unspecified atom stereocenters. The molecule has 8 nitrogen and oxygen atoms in total. The standard InChI is InChI=1S/C22H29ClN7OP/c1-30(2)12-11-25-18-10-9-15(13-17(18)24)27-22-26-14-16(23)21(29-22)28-19-7-5-6-8-20(19)32(3,4)31/h5-10,13-14,25H,11-12,24H2,1-4H3,(H2,26,27,28,29). The van der Waals surface area contributed by atoms with E-state index in [0.29, 0.717) is 28.2 Å². The number of hydrogen-bond donors (Lipinski definition) is 4. The van der Waals surface area contributed by atoms with Crippen LogP contribution in [-0.4, -0.2) is 55.4 Å². The van der Waals surface area contributed by atoms with E-state index in [1.807, 2.05) is 56.6 Å². The van der Waals surface area contributed by atoms with Crippen molar-refractivity contribution in [1.82, 2.24) is 14.9 Å². The predicted molar refractivity (Wildman–Crippen MR) is 137 cm³/mol. The minimum absolute atomic E-state index is 0.354. The summed E-state index contributed by atoms with van der Waals surface area (Å²) in [4.78, 5) is 10.8. The van der Waals surface area contributed by atoms with Crippen LogP contribution in [0.2, 0.25) is 5.02 Å². The molecule has 10 heteroatoms.